The molecule has 0 aromatic rings. The van der Waals surface area contributed by atoms with Gasteiger partial charge in [-0.1, -0.05) is 79.7 Å². The van der Waals surface area contributed by atoms with Crippen LogP contribution in [0.15, 0.2) is 24.3 Å². The van der Waals surface area contributed by atoms with Crippen LogP contribution >= 0.6 is 0 Å². The van der Waals surface area contributed by atoms with Gasteiger partial charge in [0.05, 0.1) is 8.07 Å². The van der Waals surface area contributed by atoms with Crippen LogP contribution in [0.1, 0.15) is 55.4 Å². The van der Waals surface area contributed by atoms with Crippen LogP contribution in [0.2, 0.25) is 22.2 Å². The normalized spacial score (nSPS) is 20.4. The highest BCUT2D eigenvalue weighted by Crippen LogP contribution is 2.51. The molecule has 0 atom stereocenters. The molecule has 1 heteroatoms. The van der Waals surface area contributed by atoms with E-state index in [1.807, 2.05) is 0 Å². The lowest BCUT2D eigenvalue weighted by Crippen LogP contribution is -2.48. The maximum atomic E-state index is 2.52. The summed E-state index contributed by atoms with van der Waals surface area (Å²) in [5, 5.41) is 0. The van der Waals surface area contributed by atoms with Gasteiger partial charge < -0.3 is 0 Å². The minimum atomic E-state index is -1.36. The molecule has 1 rings (SSSR count). The molecule has 0 aliphatic heterocycles. The number of hydrogen-bond acceptors (Lipinski definition) is 0. The molecular weight excluding hydrogens is 232 g/mol. The van der Waals surface area contributed by atoms with E-state index in [9.17, 15) is 0 Å². The fraction of sp³-hybridized carbons (Fsp3) is 0.765. The van der Waals surface area contributed by atoms with E-state index in [2.05, 4.69) is 79.7 Å². The molecule has 0 N–H and O–H groups in total. The summed E-state index contributed by atoms with van der Waals surface area (Å²) in [5.74, 6) is 0. The highest BCUT2D eigenvalue weighted by Gasteiger charge is 2.47. The molecule has 1 aliphatic rings. The van der Waals surface area contributed by atoms with Gasteiger partial charge in [-0.3, -0.25) is 0 Å². The summed E-state index contributed by atoms with van der Waals surface area (Å²) in [7, 11) is -1.36. The van der Waals surface area contributed by atoms with Crippen molar-refractivity contribution < 1.29 is 0 Å². The summed E-state index contributed by atoms with van der Waals surface area (Å²) in [6.45, 7) is 19.3. The number of hydrogen-bond donors (Lipinski definition) is 0. The monoisotopic (exact) mass is 264 g/mol. The molecule has 0 bridgehead atoms. The molecule has 0 aromatic carbocycles. The fourth-order valence-corrected chi connectivity index (χ4v) is 11.5. The van der Waals surface area contributed by atoms with E-state index < -0.39 is 8.07 Å². The van der Waals surface area contributed by atoms with Gasteiger partial charge in [0.2, 0.25) is 0 Å². The summed E-state index contributed by atoms with van der Waals surface area (Å²) >= 11 is 0. The van der Waals surface area contributed by atoms with E-state index in [4.69, 9.17) is 0 Å². The first kappa shape index (κ1) is 15.8. The summed E-state index contributed by atoms with van der Waals surface area (Å²) in [6.07, 6.45) is 9.89. The van der Waals surface area contributed by atoms with Gasteiger partial charge in [0.15, 0.2) is 0 Å². The third-order valence-corrected chi connectivity index (χ3v) is 12.6. The molecule has 0 unspecified atom stereocenters. The van der Waals surface area contributed by atoms with Gasteiger partial charge >= 0.3 is 0 Å². The molecule has 0 heterocycles. The molecule has 0 nitrogen and oxygen atoms in total. The summed E-state index contributed by atoms with van der Waals surface area (Å²) in [4.78, 5) is 0. The summed E-state index contributed by atoms with van der Waals surface area (Å²) < 4.78 is 0. The lowest BCUT2D eigenvalue weighted by molar-refractivity contribution is 0.611. The first-order valence-electron chi connectivity index (χ1n) is 7.53. The minimum absolute atomic E-state index is 0.252. The molecule has 0 aromatic heterocycles. The van der Waals surface area contributed by atoms with Crippen LogP contribution in [0.3, 0.4) is 0 Å². The van der Waals surface area contributed by atoms with Crippen LogP contribution in [-0.2, 0) is 0 Å². The topological polar surface area (TPSA) is 0 Å². The lowest BCUT2D eigenvalue weighted by Gasteiger charge is -2.48. The van der Waals surface area contributed by atoms with Crippen LogP contribution in [0.4, 0.5) is 0 Å². The van der Waals surface area contributed by atoms with Gasteiger partial charge in [-0.05, 0) is 22.2 Å². The fourth-order valence-electron chi connectivity index (χ4n) is 4.31. The Morgan fingerprint density at radius 3 is 1.39 bits per heavy atom. The zero-order valence-corrected chi connectivity index (χ0v) is 14.6. The van der Waals surface area contributed by atoms with E-state index in [1.54, 1.807) is 0 Å². The van der Waals surface area contributed by atoms with E-state index in [0.29, 0.717) is 5.54 Å². The van der Waals surface area contributed by atoms with Crippen molar-refractivity contribution in [3.63, 3.8) is 0 Å². The molecular formula is C17H32Si. The summed E-state index contributed by atoms with van der Waals surface area (Å²) in [6, 6.07) is 0. The van der Waals surface area contributed by atoms with Crippen molar-refractivity contribution in [2.45, 2.75) is 77.6 Å². The molecule has 0 spiro atoms. The minimum Gasteiger partial charge on any atom is -0.0835 e. The number of rotatable bonds is 4. The maximum absolute atomic E-state index is 2.52. The maximum Gasteiger partial charge on any atom is 0.0724 e. The Morgan fingerprint density at radius 1 is 0.778 bits per heavy atom. The zero-order valence-electron chi connectivity index (χ0n) is 13.6. The zero-order chi connectivity index (χ0) is 14.1. The predicted molar refractivity (Wildman–Crippen MR) is 86.9 cm³/mol. The Labute approximate surface area is 116 Å². The van der Waals surface area contributed by atoms with Crippen LogP contribution in [-0.4, -0.2) is 8.07 Å². The number of allylic oxidation sites excluding steroid dienone is 4. The molecule has 18 heavy (non-hydrogen) atoms. The molecule has 0 saturated carbocycles. The van der Waals surface area contributed by atoms with Gasteiger partial charge in [-0.2, -0.15) is 0 Å². The van der Waals surface area contributed by atoms with E-state index >= 15 is 0 Å². The van der Waals surface area contributed by atoms with Crippen molar-refractivity contribution in [2.24, 2.45) is 5.41 Å². The van der Waals surface area contributed by atoms with Gasteiger partial charge in [0.25, 0.3) is 0 Å². The average Bonchev–Trinajstić information content (AvgIpc) is 2.19. The molecule has 0 amide bonds. The van der Waals surface area contributed by atoms with Crippen LogP contribution in [0.5, 0.6) is 0 Å². The Morgan fingerprint density at radius 2 is 1.11 bits per heavy atom. The van der Waals surface area contributed by atoms with Crippen molar-refractivity contribution in [1.29, 1.82) is 0 Å². The van der Waals surface area contributed by atoms with Gasteiger partial charge in [0.1, 0.15) is 0 Å². The van der Waals surface area contributed by atoms with Crippen molar-refractivity contribution in [3.8, 4) is 0 Å². The van der Waals surface area contributed by atoms with Gasteiger partial charge in [-0.15, -0.1) is 0 Å². The van der Waals surface area contributed by atoms with Crippen LogP contribution < -0.4 is 0 Å². The Bertz CT molecular complexity index is 294. The molecule has 0 saturated heterocycles. The molecule has 0 fully saturated rings. The van der Waals surface area contributed by atoms with Crippen molar-refractivity contribution in [2.75, 3.05) is 0 Å². The standard InChI is InChI=1S/C17H32Si/c1-13(2)18(14(3)4,15(5)6)16-9-11-17(7,8)12-10-16/h9-16H,1-8H3. The van der Waals surface area contributed by atoms with E-state index in [1.165, 1.54) is 0 Å². The third kappa shape index (κ3) is 2.66. The van der Waals surface area contributed by atoms with Crippen molar-refractivity contribution >= 4 is 8.07 Å². The highest BCUT2D eigenvalue weighted by molar-refractivity contribution is 6.85. The Hall–Kier alpha value is -0.303. The second-order valence-electron chi connectivity index (χ2n) is 7.53. The second-order valence-corrected chi connectivity index (χ2v) is 13.7. The smallest absolute Gasteiger partial charge is 0.0724 e. The average molecular weight is 265 g/mol. The van der Waals surface area contributed by atoms with Crippen molar-refractivity contribution in [1.82, 2.24) is 0 Å². The van der Waals surface area contributed by atoms with Crippen LogP contribution in [0.25, 0.3) is 0 Å². The van der Waals surface area contributed by atoms with Crippen molar-refractivity contribution in [3.05, 3.63) is 24.3 Å². The molecule has 104 valence electrons. The van der Waals surface area contributed by atoms with Gasteiger partial charge in [0, 0.05) is 5.41 Å². The second kappa shape index (κ2) is 5.36. The summed E-state index contributed by atoms with van der Waals surface area (Å²) in [5.41, 5.74) is 3.46. The quantitative estimate of drug-likeness (QED) is 0.419. The SMILES string of the molecule is CC(C)[Si](C(C)C)(C(C)C)C1C=CC(C)(C)C=C1. The van der Waals surface area contributed by atoms with Gasteiger partial charge in [-0.25, -0.2) is 0 Å². The van der Waals surface area contributed by atoms with Crippen LogP contribution in [0, 0.1) is 5.41 Å². The first-order valence-corrected chi connectivity index (χ1v) is 9.84. The Kier molecular flexibility index (Phi) is 4.69. The first-order chi connectivity index (χ1) is 8.14. The molecule has 0 radical (unpaired) electrons. The largest absolute Gasteiger partial charge is 0.0835 e. The van der Waals surface area contributed by atoms with E-state index in [-0.39, 0.29) is 5.41 Å². The predicted octanol–water partition coefficient (Wildman–Crippen LogP) is 6.19. The lowest BCUT2D eigenvalue weighted by atomic mass is 9.89. The Balaban J connectivity index is 3.18. The molecule has 1 aliphatic carbocycles. The highest BCUT2D eigenvalue weighted by atomic mass is 28.3. The van der Waals surface area contributed by atoms with E-state index in [0.717, 1.165) is 16.6 Å². The third-order valence-electron chi connectivity index (χ3n) is 5.04.